The third-order valence-electron chi connectivity index (χ3n) is 9.77. The van der Waals surface area contributed by atoms with E-state index in [1.54, 1.807) is 43.5 Å². The maximum atomic E-state index is 14.9. The van der Waals surface area contributed by atoms with Crippen molar-refractivity contribution in [3.8, 4) is 40.2 Å². The van der Waals surface area contributed by atoms with Gasteiger partial charge in [0.05, 0.1) is 18.2 Å². The van der Waals surface area contributed by atoms with E-state index in [0.717, 1.165) is 22.3 Å². The van der Waals surface area contributed by atoms with Crippen molar-refractivity contribution in [2.45, 2.75) is 79.1 Å². The van der Waals surface area contributed by atoms with Gasteiger partial charge in [-0.3, -0.25) is 4.79 Å². The number of methoxy groups -OCH3 is 1. The number of ketones is 1. The number of ether oxygens (including phenoxy) is 1. The van der Waals surface area contributed by atoms with Crippen LogP contribution in [0.3, 0.4) is 0 Å². The van der Waals surface area contributed by atoms with Gasteiger partial charge in [-0.05, 0) is 94.5 Å². The van der Waals surface area contributed by atoms with Gasteiger partial charge in [0.25, 0.3) is 0 Å². The molecule has 0 bridgehead atoms. The van der Waals surface area contributed by atoms with E-state index in [1.165, 1.54) is 0 Å². The van der Waals surface area contributed by atoms with E-state index in [-0.39, 0.29) is 52.1 Å². The molecule has 0 fully saturated rings. The lowest BCUT2D eigenvalue weighted by Gasteiger charge is -2.24. The van der Waals surface area contributed by atoms with E-state index >= 15 is 0 Å². The first-order valence-electron chi connectivity index (χ1n) is 20.3. The minimum absolute atomic E-state index is 0.169. The van der Waals surface area contributed by atoms with E-state index in [0.29, 0.717) is 28.7 Å². The highest BCUT2D eigenvalue weighted by atomic mass is 31.2. The second-order valence-electron chi connectivity index (χ2n) is 15.5. The predicted molar refractivity (Wildman–Crippen MR) is 243 cm³/mol. The van der Waals surface area contributed by atoms with E-state index in [4.69, 9.17) is 31.9 Å². The van der Waals surface area contributed by atoms with Crippen molar-refractivity contribution in [1.82, 2.24) is 0 Å². The second-order valence-corrected chi connectivity index (χ2v) is 17.4. The van der Waals surface area contributed by atoms with Crippen molar-refractivity contribution < 1.29 is 36.7 Å². The van der Waals surface area contributed by atoms with Crippen molar-refractivity contribution >= 4 is 23.0 Å². The summed E-state index contributed by atoms with van der Waals surface area (Å²) in [6.07, 6.45) is 0. The monoisotopic (exact) mass is 844 g/mol. The van der Waals surface area contributed by atoms with Crippen LogP contribution in [-0.4, -0.2) is 12.9 Å². The molecule has 0 aliphatic heterocycles. The average Bonchev–Trinajstić information content (AvgIpc) is 3.24. The quantitative estimate of drug-likeness (QED) is 0.0589. The van der Waals surface area contributed by atoms with Gasteiger partial charge in [-0.15, -0.1) is 0 Å². The van der Waals surface area contributed by atoms with Crippen LogP contribution in [0.4, 0.5) is 0 Å². The molecule has 6 aromatic carbocycles. The van der Waals surface area contributed by atoms with Crippen molar-refractivity contribution in [3.63, 3.8) is 0 Å². The number of hydrogen-bond acceptors (Lipinski definition) is 8. The van der Waals surface area contributed by atoms with Gasteiger partial charge in [-0.1, -0.05) is 140 Å². The molecule has 0 aromatic heterocycles. The lowest BCUT2D eigenvalue weighted by molar-refractivity contribution is 0.103. The summed E-state index contributed by atoms with van der Waals surface area (Å²) in [6, 6.07) is 43.5. The van der Waals surface area contributed by atoms with E-state index < -0.39 is 17.2 Å². The van der Waals surface area contributed by atoms with Crippen LogP contribution in [0.15, 0.2) is 140 Å². The molecule has 8 nitrogen and oxygen atoms in total. The first-order chi connectivity index (χ1) is 28.9. The molecule has 60 heavy (non-hydrogen) atoms. The summed E-state index contributed by atoms with van der Waals surface area (Å²) in [5.41, 5.74) is 4.54. The topological polar surface area (TPSA) is 81.7 Å². The lowest BCUT2D eigenvalue weighted by Crippen LogP contribution is -2.11. The van der Waals surface area contributed by atoms with Gasteiger partial charge in [-0.25, -0.2) is 0 Å². The summed E-state index contributed by atoms with van der Waals surface area (Å²) in [5, 5.41) is 0. The molecule has 0 heterocycles. The minimum Gasteiger partial charge on any atom is -0.497 e. The van der Waals surface area contributed by atoms with Crippen LogP contribution in [0.25, 0.3) is 0 Å². The molecular formula is C50H54O8P2. The van der Waals surface area contributed by atoms with E-state index in [9.17, 15) is 4.79 Å². The summed E-state index contributed by atoms with van der Waals surface area (Å²) >= 11 is 0. The van der Waals surface area contributed by atoms with Crippen LogP contribution >= 0.6 is 17.2 Å². The number of rotatable bonds is 19. The van der Waals surface area contributed by atoms with Crippen LogP contribution in [0.5, 0.6) is 40.2 Å². The van der Waals surface area contributed by atoms with Gasteiger partial charge < -0.3 is 31.9 Å². The van der Waals surface area contributed by atoms with Crippen molar-refractivity contribution in [1.29, 1.82) is 0 Å². The molecule has 0 amide bonds. The Bertz CT molecular complexity index is 2250. The fourth-order valence-corrected chi connectivity index (χ4v) is 8.69. The van der Waals surface area contributed by atoms with E-state index in [2.05, 4.69) is 55.4 Å². The second kappa shape index (κ2) is 20.6. The van der Waals surface area contributed by atoms with Crippen LogP contribution in [0.1, 0.15) is 117 Å². The Balaban J connectivity index is 1.39. The smallest absolute Gasteiger partial charge is 0.497 e. The highest BCUT2D eigenvalue weighted by Crippen LogP contribution is 2.49. The fourth-order valence-electron chi connectivity index (χ4n) is 6.53. The van der Waals surface area contributed by atoms with Crippen LogP contribution in [-0.2, 0) is 0 Å². The Morgan fingerprint density at radius 2 is 0.683 bits per heavy atom. The molecule has 6 aromatic rings. The standard InChI is InChI=1S/C50H54O8P2/c1-33(2)38-20-10-15-25-44(38)53-59(54-45-26-16-11-21-39(45)34(3)4)57-48-29-19-14-24-42(48)50(51)43-31-30-37(52-9)32-49(43)58-60(55-46-27-17-12-22-40(46)35(5)6)56-47-28-18-13-23-41(47)36(7)8/h10-36H,1-9H3. The van der Waals surface area contributed by atoms with Gasteiger partial charge in [0.1, 0.15) is 40.2 Å². The Morgan fingerprint density at radius 1 is 0.383 bits per heavy atom. The Labute approximate surface area is 357 Å². The number of carbonyl (C=O) groups is 1. The van der Waals surface area contributed by atoms with Crippen LogP contribution < -0.4 is 31.9 Å². The lowest BCUT2D eigenvalue weighted by atomic mass is 10.0. The molecule has 0 saturated heterocycles. The summed E-state index contributed by atoms with van der Waals surface area (Å²) in [4.78, 5) is 14.9. The third-order valence-corrected chi connectivity index (χ3v) is 11.8. The minimum atomic E-state index is -2.17. The largest absolute Gasteiger partial charge is 0.530 e. The van der Waals surface area contributed by atoms with Crippen molar-refractivity contribution in [2.75, 3.05) is 7.11 Å². The summed E-state index contributed by atoms with van der Waals surface area (Å²) < 4.78 is 45.4. The van der Waals surface area contributed by atoms with Crippen molar-refractivity contribution in [3.05, 3.63) is 173 Å². The Hall–Kier alpha value is -5.55. The van der Waals surface area contributed by atoms with Gasteiger partial charge in [-0.2, -0.15) is 0 Å². The van der Waals surface area contributed by atoms with E-state index in [1.807, 2.05) is 103 Å². The molecule has 6 rings (SSSR count). The number of para-hydroxylation sites is 5. The molecule has 0 N–H and O–H groups in total. The molecule has 0 aliphatic rings. The Morgan fingerprint density at radius 3 is 1.05 bits per heavy atom. The van der Waals surface area contributed by atoms with Crippen LogP contribution in [0, 0.1) is 0 Å². The molecule has 312 valence electrons. The summed E-state index contributed by atoms with van der Waals surface area (Å²) in [7, 11) is -2.73. The summed E-state index contributed by atoms with van der Waals surface area (Å²) in [6.45, 7) is 16.8. The molecule has 0 aliphatic carbocycles. The predicted octanol–water partition coefficient (Wildman–Crippen LogP) is 14.9. The maximum Gasteiger partial charge on any atom is 0.530 e. The van der Waals surface area contributed by atoms with Gasteiger partial charge >= 0.3 is 17.2 Å². The summed E-state index contributed by atoms with van der Waals surface area (Å²) in [5.74, 6) is 3.87. The molecule has 0 atom stereocenters. The Kier molecular flexibility index (Phi) is 15.1. The number of hydrogen-bond donors (Lipinski definition) is 0. The highest BCUT2D eigenvalue weighted by molar-refractivity contribution is 7.43. The van der Waals surface area contributed by atoms with Gasteiger partial charge in [0, 0.05) is 6.07 Å². The highest BCUT2D eigenvalue weighted by Gasteiger charge is 2.30. The van der Waals surface area contributed by atoms with Crippen molar-refractivity contribution in [2.24, 2.45) is 0 Å². The normalized spacial score (nSPS) is 11.4. The third kappa shape index (κ3) is 11.0. The molecule has 0 unspecified atom stereocenters. The zero-order chi connectivity index (χ0) is 42.8. The first-order valence-corrected chi connectivity index (χ1v) is 22.5. The molecule has 0 radical (unpaired) electrons. The first kappa shape index (κ1) is 44.0. The average molecular weight is 845 g/mol. The SMILES string of the molecule is COc1ccc(C(=O)c2ccccc2OP(Oc2ccccc2C(C)C)Oc2ccccc2C(C)C)c(OP(Oc2ccccc2C(C)C)Oc2ccccc2C(C)C)c1. The molecular weight excluding hydrogens is 790 g/mol. The number of benzene rings is 6. The van der Waals surface area contributed by atoms with Crippen LogP contribution in [0.2, 0.25) is 0 Å². The zero-order valence-electron chi connectivity index (χ0n) is 35.7. The number of carbonyl (C=O) groups excluding carboxylic acids is 1. The molecule has 10 heteroatoms. The zero-order valence-corrected chi connectivity index (χ0v) is 37.5. The van der Waals surface area contributed by atoms with Gasteiger partial charge in [0.15, 0.2) is 0 Å². The van der Waals surface area contributed by atoms with Gasteiger partial charge in [0.2, 0.25) is 5.78 Å². The fraction of sp³-hybridized carbons (Fsp3) is 0.260. The maximum absolute atomic E-state index is 14.9. The molecule has 0 spiro atoms. The molecule has 0 saturated carbocycles.